The van der Waals surface area contributed by atoms with Gasteiger partial charge in [-0.1, -0.05) is 17.7 Å². The van der Waals surface area contributed by atoms with E-state index < -0.39 is 10.0 Å². The van der Waals surface area contributed by atoms with Gasteiger partial charge in [0.25, 0.3) is 10.0 Å². The molecular formula is C21H20ClN5O2S. The molecule has 0 amide bonds. The molecule has 7 nitrogen and oxygen atoms in total. The van der Waals surface area contributed by atoms with Gasteiger partial charge < -0.3 is 10.6 Å². The summed E-state index contributed by atoms with van der Waals surface area (Å²) in [5, 5.41) is 6.85. The molecule has 0 atom stereocenters. The number of nitrogens with one attached hydrogen (secondary N) is 2. The number of pyridine rings is 2. The summed E-state index contributed by atoms with van der Waals surface area (Å²) in [4.78, 5) is 8.58. The van der Waals surface area contributed by atoms with Crippen molar-refractivity contribution in [2.45, 2.75) is 18.4 Å². The summed E-state index contributed by atoms with van der Waals surface area (Å²) in [7, 11) is -2.03. The lowest BCUT2D eigenvalue weighted by Crippen LogP contribution is -2.12. The van der Waals surface area contributed by atoms with E-state index in [0.717, 1.165) is 11.1 Å². The second-order valence-electron chi connectivity index (χ2n) is 6.87. The Labute approximate surface area is 179 Å². The summed E-state index contributed by atoms with van der Waals surface area (Å²) in [5.41, 5.74) is 4.25. The van der Waals surface area contributed by atoms with Crippen molar-refractivity contribution in [3.05, 3.63) is 77.3 Å². The van der Waals surface area contributed by atoms with Gasteiger partial charge in [0.1, 0.15) is 4.90 Å². The standard InChI is InChI=1S/C21H20ClN5O2S/c1-14-5-6-19(18(22)8-14)26-16-9-20-21(25-11-16)15(10-23-2)13-27(20)30(28,29)17-4-3-7-24-12-17/h3-9,11-13,23,26H,10H2,1-2H3. The lowest BCUT2D eigenvalue weighted by atomic mass is 10.2. The monoisotopic (exact) mass is 441 g/mol. The zero-order valence-electron chi connectivity index (χ0n) is 16.4. The number of fused-ring (bicyclic) bond motifs is 1. The normalized spacial score (nSPS) is 11.7. The van der Waals surface area contributed by atoms with Crippen molar-refractivity contribution in [2.75, 3.05) is 12.4 Å². The minimum atomic E-state index is -3.83. The molecule has 0 spiro atoms. The summed E-state index contributed by atoms with van der Waals surface area (Å²) >= 11 is 6.33. The van der Waals surface area contributed by atoms with Gasteiger partial charge in [-0.2, -0.15) is 0 Å². The van der Waals surface area contributed by atoms with E-state index in [4.69, 9.17) is 11.6 Å². The van der Waals surface area contributed by atoms with Crippen LogP contribution in [0.5, 0.6) is 0 Å². The predicted molar refractivity (Wildman–Crippen MR) is 119 cm³/mol. The van der Waals surface area contributed by atoms with Gasteiger partial charge in [0, 0.05) is 30.7 Å². The maximum atomic E-state index is 13.3. The van der Waals surface area contributed by atoms with Crippen molar-refractivity contribution < 1.29 is 8.42 Å². The van der Waals surface area contributed by atoms with E-state index in [1.807, 2.05) is 25.1 Å². The topological polar surface area (TPSA) is 88.9 Å². The molecule has 2 N–H and O–H groups in total. The molecule has 0 saturated carbocycles. The molecule has 154 valence electrons. The summed E-state index contributed by atoms with van der Waals surface area (Å²) in [6, 6.07) is 10.5. The molecule has 0 radical (unpaired) electrons. The van der Waals surface area contributed by atoms with Crippen molar-refractivity contribution in [1.29, 1.82) is 0 Å². The minimum Gasteiger partial charge on any atom is -0.353 e. The zero-order valence-corrected chi connectivity index (χ0v) is 18.0. The predicted octanol–water partition coefficient (Wildman–Crippen LogP) is 4.09. The fraction of sp³-hybridized carbons (Fsp3) is 0.143. The molecule has 3 aromatic heterocycles. The van der Waals surface area contributed by atoms with Crippen molar-refractivity contribution >= 4 is 44.0 Å². The zero-order chi connectivity index (χ0) is 21.3. The Hall–Kier alpha value is -2.94. The third-order valence-electron chi connectivity index (χ3n) is 4.64. The van der Waals surface area contributed by atoms with E-state index in [1.54, 1.807) is 31.6 Å². The first-order chi connectivity index (χ1) is 14.4. The molecule has 0 bridgehead atoms. The van der Waals surface area contributed by atoms with Crippen molar-refractivity contribution in [3.8, 4) is 0 Å². The lowest BCUT2D eigenvalue weighted by molar-refractivity contribution is 0.588. The summed E-state index contributed by atoms with van der Waals surface area (Å²) in [5.74, 6) is 0. The number of nitrogens with zero attached hydrogens (tertiary/aromatic N) is 3. The number of benzene rings is 1. The van der Waals surface area contributed by atoms with Gasteiger partial charge >= 0.3 is 0 Å². The smallest absolute Gasteiger partial charge is 0.269 e. The first-order valence-electron chi connectivity index (χ1n) is 9.23. The number of anilines is 2. The number of rotatable bonds is 6. The van der Waals surface area contributed by atoms with Crippen LogP contribution in [0.1, 0.15) is 11.1 Å². The number of halogens is 1. The van der Waals surface area contributed by atoms with Crippen molar-refractivity contribution in [3.63, 3.8) is 0 Å². The quantitative estimate of drug-likeness (QED) is 0.468. The van der Waals surface area contributed by atoms with Gasteiger partial charge in [0.2, 0.25) is 0 Å². The Balaban J connectivity index is 1.85. The van der Waals surface area contributed by atoms with Crippen LogP contribution in [-0.2, 0) is 16.6 Å². The number of hydrogen-bond acceptors (Lipinski definition) is 6. The van der Waals surface area contributed by atoms with Crippen molar-refractivity contribution in [2.24, 2.45) is 0 Å². The van der Waals surface area contributed by atoms with Gasteiger partial charge in [-0.05, 0) is 49.9 Å². The number of aryl methyl sites for hydroxylation is 1. The van der Waals surface area contributed by atoms with Crippen LogP contribution in [0, 0.1) is 6.92 Å². The average molecular weight is 442 g/mol. The van der Waals surface area contributed by atoms with Crippen LogP contribution in [0.25, 0.3) is 11.0 Å². The molecular weight excluding hydrogens is 422 g/mol. The highest BCUT2D eigenvalue weighted by Crippen LogP contribution is 2.30. The largest absolute Gasteiger partial charge is 0.353 e. The highest BCUT2D eigenvalue weighted by molar-refractivity contribution is 7.90. The van der Waals surface area contributed by atoms with E-state index in [1.165, 1.54) is 22.4 Å². The average Bonchev–Trinajstić information content (AvgIpc) is 3.10. The lowest BCUT2D eigenvalue weighted by Gasteiger charge is -2.11. The SMILES string of the molecule is CNCc1cn(S(=O)(=O)c2cccnc2)c2cc(Nc3ccc(C)cc3Cl)cnc12. The molecule has 0 saturated heterocycles. The van der Waals surface area contributed by atoms with Gasteiger partial charge in [0.15, 0.2) is 0 Å². The van der Waals surface area contributed by atoms with E-state index >= 15 is 0 Å². The fourth-order valence-corrected chi connectivity index (χ4v) is 4.84. The van der Waals surface area contributed by atoms with Gasteiger partial charge in [-0.15, -0.1) is 0 Å². The van der Waals surface area contributed by atoms with Gasteiger partial charge in [-0.3, -0.25) is 9.97 Å². The number of aromatic nitrogens is 3. The van der Waals surface area contributed by atoms with Crippen molar-refractivity contribution in [1.82, 2.24) is 19.3 Å². The van der Waals surface area contributed by atoms with E-state index in [-0.39, 0.29) is 4.90 Å². The van der Waals surface area contributed by atoms with Crippen LogP contribution in [0.2, 0.25) is 5.02 Å². The molecule has 0 unspecified atom stereocenters. The summed E-state index contributed by atoms with van der Waals surface area (Å²) in [6.45, 7) is 2.44. The maximum absolute atomic E-state index is 13.3. The fourth-order valence-electron chi connectivity index (χ4n) is 3.22. The second-order valence-corrected chi connectivity index (χ2v) is 9.10. The van der Waals surface area contributed by atoms with Crippen LogP contribution >= 0.6 is 11.6 Å². The second kappa shape index (κ2) is 8.06. The molecule has 30 heavy (non-hydrogen) atoms. The minimum absolute atomic E-state index is 0.109. The highest BCUT2D eigenvalue weighted by Gasteiger charge is 2.22. The van der Waals surface area contributed by atoms with E-state index in [9.17, 15) is 8.42 Å². The summed E-state index contributed by atoms with van der Waals surface area (Å²) < 4.78 is 27.8. The molecule has 1 aromatic carbocycles. The summed E-state index contributed by atoms with van der Waals surface area (Å²) in [6.07, 6.45) is 6.13. The molecule has 0 aliphatic rings. The molecule has 3 heterocycles. The molecule has 4 aromatic rings. The van der Waals surface area contributed by atoms with E-state index in [2.05, 4.69) is 20.6 Å². The van der Waals surface area contributed by atoms with Gasteiger partial charge in [0.05, 0.1) is 33.6 Å². The van der Waals surface area contributed by atoms with Crippen LogP contribution in [0.15, 0.2) is 66.1 Å². The third-order valence-corrected chi connectivity index (χ3v) is 6.61. The molecule has 9 heteroatoms. The van der Waals surface area contributed by atoms with Crippen LogP contribution in [-0.4, -0.2) is 29.4 Å². The Morgan fingerprint density at radius 3 is 2.70 bits per heavy atom. The molecule has 0 aliphatic heterocycles. The molecule has 0 fully saturated rings. The maximum Gasteiger partial charge on any atom is 0.269 e. The van der Waals surface area contributed by atoms with Crippen LogP contribution in [0.3, 0.4) is 0 Å². The number of hydrogen-bond donors (Lipinski definition) is 2. The Morgan fingerprint density at radius 1 is 1.17 bits per heavy atom. The Bertz CT molecular complexity index is 1320. The van der Waals surface area contributed by atoms with E-state index in [0.29, 0.717) is 34.0 Å². The highest BCUT2D eigenvalue weighted by atomic mass is 35.5. The third kappa shape index (κ3) is 3.77. The molecule has 4 rings (SSSR count). The van der Waals surface area contributed by atoms with Gasteiger partial charge in [-0.25, -0.2) is 12.4 Å². The molecule has 0 aliphatic carbocycles. The van der Waals surface area contributed by atoms with Crippen LogP contribution < -0.4 is 10.6 Å². The first kappa shape index (κ1) is 20.3. The van der Waals surface area contributed by atoms with Crippen LogP contribution in [0.4, 0.5) is 11.4 Å². The first-order valence-corrected chi connectivity index (χ1v) is 11.1. The Kier molecular flexibility index (Phi) is 5.46. The Morgan fingerprint density at radius 2 is 2.00 bits per heavy atom.